The van der Waals surface area contributed by atoms with Gasteiger partial charge in [0.25, 0.3) is 0 Å². The van der Waals surface area contributed by atoms with Crippen molar-refractivity contribution in [1.82, 2.24) is 4.72 Å². The normalized spacial score (nSPS) is 17.5. The Bertz CT molecular complexity index is 863. The number of hydrogen-bond acceptors (Lipinski definition) is 4. The Labute approximate surface area is 156 Å². The van der Waals surface area contributed by atoms with Crippen molar-refractivity contribution >= 4 is 15.7 Å². The van der Waals surface area contributed by atoms with E-state index in [0.717, 1.165) is 25.1 Å². The lowest BCUT2D eigenvalue weighted by atomic mass is 10.1. The molecule has 140 valence electrons. The molecule has 0 amide bonds. The summed E-state index contributed by atoms with van der Waals surface area (Å²) in [7, 11) is -1.93. The third-order valence-corrected chi connectivity index (χ3v) is 6.34. The topological polar surface area (TPSA) is 58.6 Å². The molecule has 1 saturated heterocycles. The lowest BCUT2D eigenvalue weighted by Gasteiger charge is -2.19. The molecule has 2 aromatic rings. The van der Waals surface area contributed by atoms with Crippen molar-refractivity contribution < 1.29 is 13.2 Å². The molecule has 0 radical (unpaired) electrons. The molecule has 26 heavy (non-hydrogen) atoms. The summed E-state index contributed by atoms with van der Waals surface area (Å²) in [6.07, 6.45) is 0.984. The first kappa shape index (κ1) is 18.7. The van der Waals surface area contributed by atoms with Crippen LogP contribution < -0.4 is 14.4 Å². The minimum atomic E-state index is -3.51. The van der Waals surface area contributed by atoms with E-state index in [9.17, 15) is 8.42 Å². The highest BCUT2D eigenvalue weighted by Gasteiger charge is 2.25. The monoisotopic (exact) mass is 374 g/mol. The summed E-state index contributed by atoms with van der Waals surface area (Å²) >= 11 is 0. The minimum Gasteiger partial charge on any atom is -0.496 e. The van der Waals surface area contributed by atoms with Crippen LogP contribution in [-0.4, -0.2) is 35.2 Å². The summed E-state index contributed by atoms with van der Waals surface area (Å²) in [6.45, 7) is 6.20. The van der Waals surface area contributed by atoms with Crippen molar-refractivity contribution in [1.29, 1.82) is 0 Å². The number of nitrogens with zero attached hydrogens (tertiary/aromatic N) is 1. The maximum Gasteiger partial charge on any atom is 0.240 e. The zero-order valence-electron chi connectivity index (χ0n) is 15.5. The van der Waals surface area contributed by atoms with E-state index in [1.807, 2.05) is 6.92 Å². The van der Waals surface area contributed by atoms with Crippen LogP contribution in [0.4, 0.5) is 5.69 Å². The number of aryl methyl sites for hydroxylation is 2. The van der Waals surface area contributed by atoms with Gasteiger partial charge in [-0.05, 0) is 62.1 Å². The highest BCUT2D eigenvalue weighted by Crippen LogP contribution is 2.25. The van der Waals surface area contributed by atoms with Gasteiger partial charge >= 0.3 is 0 Å². The molecule has 3 rings (SSSR count). The Morgan fingerprint density at radius 2 is 1.88 bits per heavy atom. The molecule has 1 fully saturated rings. The molecule has 5 nitrogen and oxygen atoms in total. The lowest BCUT2D eigenvalue weighted by molar-refractivity contribution is 0.411. The summed E-state index contributed by atoms with van der Waals surface area (Å²) in [5.74, 6) is 0.999. The molecule has 1 atom stereocenters. The largest absolute Gasteiger partial charge is 0.496 e. The summed E-state index contributed by atoms with van der Waals surface area (Å²) in [5.41, 5.74) is 3.25. The van der Waals surface area contributed by atoms with Crippen LogP contribution in [0, 0.1) is 19.8 Å². The highest BCUT2D eigenvalue weighted by atomic mass is 32.2. The fourth-order valence-electron chi connectivity index (χ4n) is 3.32. The second-order valence-electron chi connectivity index (χ2n) is 6.92. The quantitative estimate of drug-likeness (QED) is 0.844. The van der Waals surface area contributed by atoms with Gasteiger partial charge in [-0.25, -0.2) is 13.1 Å². The molecule has 0 aliphatic carbocycles. The summed E-state index contributed by atoms with van der Waals surface area (Å²) < 4.78 is 33.1. The molecule has 1 aliphatic rings. The van der Waals surface area contributed by atoms with Gasteiger partial charge in [0.15, 0.2) is 0 Å². The molecule has 1 unspecified atom stereocenters. The van der Waals surface area contributed by atoms with Gasteiger partial charge < -0.3 is 9.64 Å². The number of nitrogens with one attached hydrogen (secondary N) is 1. The van der Waals surface area contributed by atoms with Crippen LogP contribution in [0.2, 0.25) is 0 Å². The standard InChI is InChI=1S/C20H26N2O3S/c1-15-4-6-18(7-5-15)22-11-10-17(14-22)13-21-26(23,24)19-8-9-20(25-3)16(2)12-19/h4-9,12,17,21H,10-11,13-14H2,1-3H3. The second kappa shape index (κ2) is 7.68. The molecule has 0 spiro atoms. The van der Waals surface area contributed by atoms with Gasteiger partial charge in [-0.1, -0.05) is 17.7 Å². The Hall–Kier alpha value is -2.05. The maximum atomic E-state index is 12.6. The molecule has 0 aromatic heterocycles. The summed E-state index contributed by atoms with van der Waals surface area (Å²) in [6, 6.07) is 13.4. The molecule has 0 bridgehead atoms. The molecule has 2 aromatic carbocycles. The van der Waals surface area contributed by atoms with Crippen molar-refractivity contribution in [3.8, 4) is 5.75 Å². The van der Waals surface area contributed by atoms with Crippen molar-refractivity contribution in [2.75, 3.05) is 31.6 Å². The molecule has 0 saturated carbocycles. The fourth-order valence-corrected chi connectivity index (χ4v) is 4.52. The van der Waals surface area contributed by atoms with Crippen LogP contribution in [0.15, 0.2) is 47.4 Å². The van der Waals surface area contributed by atoms with Gasteiger partial charge in [0.05, 0.1) is 12.0 Å². The van der Waals surface area contributed by atoms with Gasteiger partial charge in [-0.2, -0.15) is 0 Å². The number of methoxy groups -OCH3 is 1. The van der Waals surface area contributed by atoms with Crippen molar-refractivity contribution in [3.05, 3.63) is 53.6 Å². The fraction of sp³-hybridized carbons (Fsp3) is 0.400. The Morgan fingerprint density at radius 3 is 2.54 bits per heavy atom. The molecular formula is C20H26N2O3S. The van der Waals surface area contributed by atoms with Crippen molar-refractivity contribution in [3.63, 3.8) is 0 Å². The first-order chi connectivity index (χ1) is 12.4. The number of ether oxygens (including phenoxy) is 1. The number of hydrogen-bond donors (Lipinski definition) is 1. The average molecular weight is 375 g/mol. The average Bonchev–Trinajstić information content (AvgIpc) is 3.10. The van der Waals surface area contributed by atoms with Crippen LogP contribution >= 0.6 is 0 Å². The van der Waals surface area contributed by atoms with Gasteiger partial charge in [0, 0.05) is 25.3 Å². The van der Waals surface area contributed by atoms with Crippen LogP contribution in [0.1, 0.15) is 17.5 Å². The van der Waals surface area contributed by atoms with Crippen LogP contribution in [0.25, 0.3) is 0 Å². The third-order valence-electron chi connectivity index (χ3n) is 4.92. The third kappa shape index (κ3) is 4.19. The lowest BCUT2D eigenvalue weighted by Crippen LogP contribution is -2.31. The van der Waals surface area contributed by atoms with Crippen molar-refractivity contribution in [2.45, 2.75) is 25.2 Å². The molecular weight excluding hydrogens is 348 g/mol. The summed E-state index contributed by atoms with van der Waals surface area (Å²) in [5, 5.41) is 0. The van der Waals surface area contributed by atoms with E-state index in [1.54, 1.807) is 25.3 Å². The van der Waals surface area contributed by atoms with Gasteiger partial charge in [0.1, 0.15) is 5.75 Å². The van der Waals surface area contributed by atoms with Gasteiger partial charge in [-0.15, -0.1) is 0 Å². The summed E-state index contributed by atoms with van der Waals surface area (Å²) in [4.78, 5) is 2.60. The molecule has 1 heterocycles. The Kier molecular flexibility index (Phi) is 5.53. The van der Waals surface area contributed by atoms with E-state index in [0.29, 0.717) is 18.2 Å². The zero-order valence-corrected chi connectivity index (χ0v) is 16.3. The maximum absolute atomic E-state index is 12.6. The zero-order chi connectivity index (χ0) is 18.7. The van der Waals surface area contributed by atoms with E-state index in [-0.39, 0.29) is 4.90 Å². The van der Waals surface area contributed by atoms with Crippen LogP contribution in [0.5, 0.6) is 5.75 Å². The Morgan fingerprint density at radius 1 is 1.15 bits per heavy atom. The van der Waals surface area contributed by atoms with E-state index < -0.39 is 10.0 Å². The van der Waals surface area contributed by atoms with E-state index in [4.69, 9.17) is 4.74 Å². The van der Waals surface area contributed by atoms with Crippen LogP contribution in [-0.2, 0) is 10.0 Å². The predicted octanol–water partition coefficient (Wildman–Crippen LogP) is 3.12. The van der Waals surface area contributed by atoms with E-state index >= 15 is 0 Å². The van der Waals surface area contributed by atoms with E-state index in [1.165, 1.54) is 11.3 Å². The number of sulfonamides is 1. The number of benzene rings is 2. The van der Waals surface area contributed by atoms with Gasteiger partial charge in [0.2, 0.25) is 10.0 Å². The SMILES string of the molecule is COc1ccc(S(=O)(=O)NCC2CCN(c3ccc(C)cc3)C2)cc1C. The van der Waals surface area contributed by atoms with Crippen molar-refractivity contribution in [2.24, 2.45) is 5.92 Å². The number of anilines is 1. The van der Waals surface area contributed by atoms with Crippen LogP contribution in [0.3, 0.4) is 0 Å². The first-order valence-corrected chi connectivity index (χ1v) is 10.3. The van der Waals surface area contributed by atoms with E-state index in [2.05, 4.69) is 40.8 Å². The molecule has 1 aliphatic heterocycles. The molecule has 6 heteroatoms. The first-order valence-electron chi connectivity index (χ1n) is 8.85. The number of rotatable bonds is 6. The molecule has 1 N–H and O–H groups in total. The second-order valence-corrected chi connectivity index (χ2v) is 8.69. The smallest absolute Gasteiger partial charge is 0.240 e. The minimum absolute atomic E-state index is 0.282. The Balaban J connectivity index is 1.60. The predicted molar refractivity (Wildman–Crippen MR) is 104 cm³/mol. The highest BCUT2D eigenvalue weighted by molar-refractivity contribution is 7.89. The van der Waals surface area contributed by atoms with Gasteiger partial charge in [-0.3, -0.25) is 0 Å².